The molecule has 4 nitrogen and oxygen atoms in total. The van der Waals surface area contributed by atoms with Gasteiger partial charge in [0.2, 0.25) is 0 Å². The molecule has 0 aliphatic carbocycles. The van der Waals surface area contributed by atoms with Crippen molar-refractivity contribution in [2.75, 3.05) is 13.7 Å². The van der Waals surface area contributed by atoms with Gasteiger partial charge in [0.1, 0.15) is 0 Å². The van der Waals surface area contributed by atoms with Crippen molar-refractivity contribution in [3.63, 3.8) is 0 Å². The van der Waals surface area contributed by atoms with Crippen molar-refractivity contribution in [1.82, 2.24) is 5.32 Å². The molecule has 0 bridgehead atoms. The summed E-state index contributed by atoms with van der Waals surface area (Å²) in [5.41, 5.74) is 1.62. The van der Waals surface area contributed by atoms with Crippen molar-refractivity contribution in [1.29, 1.82) is 0 Å². The Morgan fingerprint density at radius 3 is 3.00 bits per heavy atom. The fourth-order valence-electron chi connectivity index (χ4n) is 2.42. The van der Waals surface area contributed by atoms with E-state index in [1.807, 2.05) is 18.2 Å². The molecule has 0 radical (unpaired) electrons. The Morgan fingerprint density at radius 2 is 2.26 bits per heavy atom. The van der Waals surface area contributed by atoms with Gasteiger partial charge in [0.05, 0.1) is 18.8 Å². The van der Waals surface area contributed by atoms with Gasteiger partial charge in [0.15, 0.2) is 0 Å². The summed E-state index contributed by atoms with van der Waals surface area (Å²) in [4.78, 5) is 11.7. The lowest BCUT2D eigenvalue weighted by atomic mass is 10.0. The molecule has 0 saturated carbocycles. The van der Waals surface area contributed by atoms with Crippen LogP contribution in [0.5, 0.6) is 0 Å². The number of hydrogen-bond acceptors (Lipinski definition) is 4. The summed E-state index contributed by atoms with van der Waals surface area (Å²) in [6.07, 6.45) is 2.34. The predicted octanol–water partition coefficient (Wildman–Crippen LogP) is 2.13. The molecule has 0 amide bonds. The van der Waals surface area contributed by atoms with Gasteiger partial charge in [-0.3, -0.25) is 0 Å². The summed E-state index contributed by atoms with van der Waals surface area (Å²) in [6.45, 7) is 3.58. The Kier molecular flexibility index (Phi) is 4.93. The fraction of sp³-hybridized carbons (Fsp3) is 0.533. The molecule has 1 heterocycles. The van der Waals surface area contributed by atoms with Crippen molar-refractivity contribution < 1.29 is 14.3 Å². The number of carbonyl (C=O) groups is 1. The molecule has 0 spiro atoms. The lowest BCUT2D eigenvalue weighted by Crippen LogP contribution is -2.37. The van der Waals surface area contributed by atoms with E-state index in [9.17, 15) is 4.79 Å². The fourth-order valence-corrected chi connectivity index (χ4v) is 2.42. The van der Waals surface area contributed by atoms with Crippen LogP contribution in [0.15, 0.2) is 24.3 Å². The van der Waals surface area contributed by atoms with Gasteiger partial charge < -0.3 is 14.8 Å². The van der Waals surface area contributed by atoms with Crippen LogP contribution in [0.1, 0.15) is 35.7 Å². The van der Waals surface area contributed by atoms with E-state index in [1.54, 1.807) is 6.07 Å². The molecule has 104 valence electrons. The normalized spacial score (nSPS) is 23.1. The van der Waals surface area contributed by atoms with Gasteiger partial charge in [-0.15, -0.1) is 0 Å². The lowest BCUT2D eigenvalue weighted by Gasteiger charge is -2.28. The summed E-state index contributed by atoms with van der Waals surface area (Å²) in [6, 6.07) is 8.01. The Bertz CT molecular complexity index is 433. The van der Waals surface area contributed by atoms with E-state index in [0.717, 1.165) is 25.0 Å². The summed E-state index contributed by atoms with van der Waals surface area (Å²) in [5.74, 6) is -0.280. The Labute approximate surface area is 114 Å². The molecule has 2 rings (SSSR count). The standard InChI is InChI=1S/C15H21NO3/c1-11-9-13(7-8-19-11)16-10-12-5-3-4-6-14(12)15(17)18-2/h3-6,11,13,16H,7-10H2,1-2H3. The summed E-state index contributed by atoms with van der Waals surface area (Å²) >= 11 is 0. The summed E-state index contributed by atoms with van der Waals surface area (Å²) in [7, 11) is 1.41. The molecule has 1 aliphatic rings. The van der Waals surface area contributed by atoms with Crippen LogP contribution in [-0.2, 0) is 16.0 Å². The van der Waals surface area contributed by atoms with E-state index >= 15 is 0 Å². The molecule has 1 aromatic rings. The van der Waals surface area contributed by atoms with Gasteiger partial charge in [0.25, 0.3) is 0 Å². The van der Waals surface area contributed by atoms with Crippen molar-refractivity contribution in [2.45, 2.75) is 38.5 Å². The molecule has 2 unspecified atom stereocenters. The molecule has 4 heteroatoms. The van der Waals surface area contributed by atoms with E-state index in [0.29, 0.717) is 24.3 Å². The first kappa shape index (κ1) is 14.0. The van der Waals surface area contributed by atoms with Gasteiger partial charge in [-0.05, 0) is 31.4 Å². The minimum absolute atomic E-state index is 0.280. The zero-order chi connectivity index (χ0) is 13.7. The van der Waals surface area contributed by atoms with Gasteiger partial charge in [-0.25, -0.2) is 4.79 Å². The Balaban J connectivity index is 1.97. The van der Waals surface area contributed by atoms with Crippen molar-refractivity contribution in [3.8, 4) is 0 Å². The monoisotopic (exact) mass is 263 g/mol. The van der Waals surface area contributed by atoms with Crippen molar-refractivity contribution >= 4 is 5.97 Å². The van der Waals surface area contributed by atoms with E-state index in [4.69, 9.17) is 9.47 Å². The molecule has 1 N–H and O–H groups in total. The SMILES string of the molecule is COC(=O)c1ccccc1CNC1CCOC(C)C1. The van der Waals surface area contributed by atoms with E-state index < -0.39 is 0 Å². The minimum Gasteiger partial charge on any atom is -0.465 e. The average Bonchev–Trinajstić information content (AvgIpc) is 2.45. The first-order chi connectivity index (χ1) is 9.20. The van der Waals surface area contributed by atoms with E-state index in [-0.39, 0.29) is 5.97 Å². The number of nitrogens with one attached hydrogen (secondary N) is 1. The zero-order valence-corrected chi connectivity index (χ0v) is 11.5. The highest BCUT2D eigenvalue weighted by atomic mass is 16.5. The third kappa shape index (κ3) is 3.78. The highest BCUT2D eigenvalue weighted by Crippen LogP contribution is 2.15. The van der Waals surface area contributed by atoms with Crippen LogP contribution in [-0.4, -0.2) is 31.8 Å². The van der Waals surface area contributed by atoms with Crippen LogP contribution >= 0.6 is 0 Å². The molecule has 1 aliphatic heterocycles. The highest BCUT2D eigenvalue weighted by Gasteiger charge is 2.19. The van der Waals surface area contributed by atoms with E-state index in [1.165, 1.54) is 7.11 Å². The maximum Gasteiger partial charge on any atom is 0.338 e. The molecular formula is C15H21NO3. The van der Waals surface area contributed by atoms with Crippen molar-refractivity contribution in [3.05, 3.63) is 35.4 Å². The maximum absolute atomic E-state index is 11.7. The second-order valence-electron chi connectivity index (χ2n) is 4.93. The van der Waals surface area contributed by atoms with Crippen molar-refractivity contribution in [2.24, 2.45) is 0 Å². The van der Waals surface area contributed by atoms with E-state index in [2.05, 4.69) is 12.2 Å². The van der Waals surface area contributed by atoms with Gasteiger partial charge in [0, 0.05) is 19.2 Å². The third-order valence-corrected chi connectivity index (χ3v) is 3.49. The predicted molar refractivity (Wildman–Crippen MR) is 73.1 cm³/mol. The molecular weight excluding hydrogens is 242 g/mol. The van der Waals surface area contributed by atoms with Crippen LogP contribution < -0.4 is 5.32 Å². The number of carbonyl (C=O) groups excluding carboxylic acids is 1. The first-order valence-electron chi connectivity index (χ1n) is 6.72. The second kappa shape index (κ2) is 6.68. The maximum atomic E-state index is 11.7. The highest BCUT2D eigenvalue weighted by molar-refractivity contribution is 5.90. The number of ether oxygens (including phenoxy) is 2. The van der Waals surface area contributed by atoms with Crippen LogP contribution in [0.25, 0.3) is 0 Å². The molecule has 2 atom stereocenters. The summed E-state index contributed by atoms with van der Waals surface area (Å²) < 4.78 is 10.3. The molecule has 1 aromatic carbocycles. The van der Waals surface area contributed by atoms with Crippen LogP contribution in [0.2, 0.25) is 0 Å². The summed E-state index contributed by atoms with van der Waals surface area (Å²) in [5, 5.41) is 3.50. The van der Waals surface area contributed by atoms with Gasteiger partial charge in [-0.2, -0.15) is 0 Å². The number of methoxy groups -OCH3 is 1. The average molecular weight is 263 g/mol. The zero-order valence-electron chi connectivity index (χ0n) is 11.5. The third-order valence-electron chi connectivity index (χ3n) is 3.49. The smallest absolute Gasteiger partial charge is 0.338 e. The largest absolute Gasteiger partial charge is 0.465 e. The minimum atomic E-state index is -0.280. The molecule has 1 saturated heterocycles. The number of esters is 1. The molecule has 1 fully saturated rings. The number of benzene rings is 1. The Hall–Kier alpha value is -1.39. The molecule has 0 aromatic heterocycles. The number of rotatable bonds is 4. The second-order valence-corrected chi connectivity index (χ2v) is 4.93. The lowest BCUT2D eigenvalue weighted by molar-refractivity contribution is 0.0130. The first-order valence-corrected chi connectivity index (χ1v) is 6.72. The van der Waals surface area contributed by atoms with Crippen LogP contribution in [0.3, 0.4) is 0 Å². The van der Waals surface area contributed by atoms with Crippen LogP contribution in [0, 0.1) is 0 Å². The number of hydrogen-bond donors (Lipinski definition) is 1. The van der Waals surface area contributed by atoms with Crippen LogP contribution in [0.4, 0.5) is 0 Å². The Morgan fingerprint density at radius 1 is 1.47 bits per heavy atom. The topological polar surface area (TPSA) is 47.6 Å². The van der Waals surface area contributed by atoms with Gasteiger partial charge >= 0.3 is 5.97 Å². The quantitative estimate of drug-likeness (QED) is 0.845. The van der Waals surface area contributed by atoms with Gasteiger partial charge in [-0.1, -0.05) is 18.2 Å². The molecule has 19 heavy (non-hydrogen) atoms.